The summed E-state index contributed by atoms with van der Waals surface area (Å²) in [5.41, 5.74) is 4.28. The van der Waals surface area contributed by atoms with Crippen molar-refractivity contribution in [2.24, 2.45) is 0 Å². The van der Waals surface area contributed by atoms with E-state index in [0.29, 0.717) is 0 Å². The number of amides is 1. The summed E-state index contributed by atoms with van der Waals surface area (Å²) in [7, 11) is 2.01. The van der Waals surface area contributed by atoms with Gasteiger partial charge in [-0.15, -0.1) is 0 Å². The lowest BCUT2D eigenvalue weighted by Gasteiger charge is -2.25. The zero-order valence-electron chi connectivity index (χ0n) is 9.45. The van der Waals surface area contributed by atoms with Gasteiger partial charge in [-0.2, -0.15) is 0 Å². The molecule has 2 aliphatic heterocycles. The van der Waals surface area contributed by atoms with Gasteiger partial charge >= 0.3 is 0 Å². The fraction of sp³-hybridized carbons (Fsp3) is 0.308. The van der Waals surface area contributed by atoms with Crippen LogP contribution in [0.15, 0.2) is 30.0 Å². The lowest BCUT2D eigenvalue weighted by atomic mass is 9.87. The third-order valence-corrected chi connectivity index (χ3v) is 3.39. The van der Waals surface area contributed by atoms with Gasteiger partial charge in [-0.1, -0.05) is 18.2 Å². The van der Waals surface area contributed by atoms with Gasteiger partial charge < -0.3 is 10.2 Å². The fourth-order valence-corrected chi connectivity index (χ4v) is 2.59. The first kappa shape index (κ1) is 9.46. The molecule has 0 aromatic heterocycles. The van der Waals surface area contributed by atoms with Crippen molar-refractivity contribution in [2.45, 2.75) is 12.8 Å². The molecule has 0 saturated heterocycles. The molecule has 16 heavy (non-hydrogen) atoms. The van der Waals surface area contributed by atoms with E-state index < -0.39 is 0 Å². The number of nitrogens with one attached hydrogen (secondary N) is 1. The minimum atomic E-state index is 0.0520. The summed E-state index contributed by atoms with van der Waals surface area (Å²) in [4.78, 5) is 14.0. The molecule has 0 radical (unpaired) electrons. The zero-order chi connectivity index (χ0) is 11.3. The Morgan fingerprint density at radius 1 is 1.44 bits per heavy atom. The van der Waals surface area contributed by atoms with Crippen LogP contribution in [0, 0.1) is 6.92 Å². The number of hydrogen-bond acceptors (Lipinski definition) is 2. The van der Waals surface area contributed by atoms with Crippen molar-refractivity contribution in [3.63, 3.8) is 0 Å². The van der Waals surface area contributed by atoms with Crippen molar-refractivity contribution in [1.29, 1.82) is 0 Å². The second-order valence-corrected chi connectivity index (χ2v) is 4.57. The number of carbonyl (C=O) groups excluding carboxylic acids is 1. The molecule has 3 heteroatoms. The zero-order valence-corrected chi connectivity index (χ0v) is 9.45. The van der Waals surface area contributed by atoms with E-state index in [1.165, 1.54) is 5.56 Å². The van der Waals surface area contributed by atoms with Gasteiger partial charge in [0.05, 0.1) is 0 Å². The number of para-hydroxylation sites is 1. The van der Waals surface area contributed by atoms with Crippen LogP contribution >= 0.6 is 0 Å². The van der Waals surface area contributed by atoms with Gasteiger partial charge in [0.25, 0.3) is 5.91 Å². The Balaban J connectivity index is 2.18. The quantitative estimate of drug-likeness (QED) is 0.715. The highest BCUT2D eigenvalue weighted by Gasteiger charge is 2.35. The Hall–Kier alpha value is -1.77. The molecule has 1 aromatic rings. The van der Waals surface area contributed by atoms with Crippen LogP contribution in [0.5, 0.6) is 0 Å². The van der Waals surface area contributed by atoms with E-state index in [4.69, 9.17) is 0 Å². The molecule has 1 unspecified atom stereocenters. The van der Waals surface area contributed by atoms with Crippen molar-refractivity contribution in [1.82, 2.24) is 4.90 Å². The number of hydrogen-bond donors (Lipinski definition) is 1. The predicted molar refractivity (Wildman–Crippen MR) is 63.3 cm³/mol. The molecule has 0 bridgehead atoms. The van der Waals surface area contributed by atoms with E-state index in [0.717, 1.165) is 23.4 Å². The Morgan fingerprint density at radius 2 is 2.25 bits per heavy atom. The molecule has 1 aromatic carbocycles. The summed E-state index contributed by atoms with van der Waals surface area (Å²) in [5, 5.41) is 2.99. The lowest BCUT2D eigenvalue weighted by molar-refractivity contribution is -0.113. The monoisotopic (exact) mass is 214 g/mol. The summed E-state index contributed by atoms with van der Waals surface area (Å²) in [6.07, 6.45) is 1.95. The van der Waals surface area contributed by atoms with Crippen molar-refractivity contribution in [3.8, 4) is 0 Å². The highest BCUT2D eigenvalue weighted by molar-refractivity contribution is 6.08. The second-order valence-electron chi connectivity index (χ2n) is 4.57. The number of anilines is 1. The Labute approximate surface area is 94.8 Å². The van der Waals surface area contributed by atoms with Crippen molar-refractivity contribution in [2.75, 3.05) is 18.9 Å². The molecule has 3 rings (SSSR count). The van der Waals surface area contributed by atoms with Gasteiger partial charge in [0, 0.05) is 37.0 Å². The third-order valence-electron chi connectivity index (χ3n) is 3.39. The van der Waals surface area contributed by atoms with E-state index in [1.807, 2.05) is 26.2 Å². The summed E-state index contributed by atoms with van der Waals surface area (Å²) >= 11 is 0. The molecule has 2 heterocycles. The van der Waals surface area contributed by atoms with E-state index in [2.05, 4.69) is 22.3 Å². The second kappa shape index (κ2) is 3.11. The maximum absolute atomic E-state index is 11.9. The highest BCUT2D eigenvalue weighted by Crippen LogP contribution is 2.40. The lowest BCUT2D eigenvalue weighted by Crippen LogP contribution is -2.26. The van der Waals surface area contributed by atoms with Crippen LogP contribution in [0.1, 0.15) is 17.0 Å². The Kier molecular flexibility index (Phi) is 1.84. The van der Waals surface area contributed by atoms with Crippen molar-refractivity contribution >= 4 is 11.6 Å². The van der Waals surface area contributed by atoms with E-state index >= 15 is 0 Å². The van der Waals surface area contributed by atoms with Crippen LogP contribution in [0.2, 0.25) is 0 Å². The van der Waals surface area contributed by atoms with Crippen molar-refractivity contribution < 1.29 is 4.79 Å². The number of nitrogens with zero attached hydrogens (tertiary/aromatic N) is 1. The van der Waals surface area contributed by atoms with Gasteiger partial charge in [-0.3, -0.25) is 4.79 Å². The molecular formula is C13H14N2O. The van der Waals surface area contributed by atoms with Crippen LogP contribution in [0.4, 0.5) is 5.69 Å². The summed E-state index contributed by atoms with van der Waals surface area (Å²) in [5.74, 6) is 0.296. The van der Waals surface area contributed by atoms with Crippen LogP contribution < -0.4 is 5.32 Å². The third kappa shape index (κ3) is 1.18. The van der Waals surface area contributed by atoms with E-state index in [1.54, 1.807) is 0 Å². The van der Waals surface area contributed by atoms with Gasteiger partial charge in [0.15, 0.2) is 0 Å². The SMILES string of the molecule is Cc1cccc2c1NC(=O)C1=CN(C)CC12. The first-order valence-corrected chi connectivity index (χ1v) is 5.49. The fourth-order valence-electron chi connectivity index (χ4n) is 2.59. The molecule has 1 atom stereocenters. The molecule has 0 aliphatic carbocycles. The van der Waals surface area contributed by atoms with Crippen LogP contribution in [-0.2, 0) is 4.79 Å². The number of likely N-dealkylation sites (N-methyl/N-ethyl adjacent to an activating group) is 1. The van der Waals surface area contributed by atoms with Gasteiger partial charge in [0.2, 0.25) is 0 Å². The summed E-state index contributed by atoms with van der Waals surface area (Å²) < 4.78 is 0. The Bertz CT molecular complexity index is 505. The number of carbonyl (C=O) groups is 1. The number of benzene rings is 1. The topological polar surface area (TPSA) is 32.3 Å². The first-order chi connectivity index (χ1) is 7.66. The predicted octanol–water partition coefficient (Wildman–Crippen LogP) is 1.86. The molecule has 82 valence electrons. The largest absolute Gasteiger partial charge is 0.379 e. The molecule has 2 aliphatic rings. The molecule has 0 saturated carbocycles. The highest BCUT2D eigenvalue weighted by atomic mass is 16.1. The van der Waals surface area contributed by atoms with E-state index in [-0.39, 0.29) is 11.8 Å². The van der Waals surface area contributed by atoms with Crippen LogP contribution in [0.25, 0.3) is 0 Å². The van der Waals surface area contributed by atoms with Gasteiger partial charge in [-0.25, -0.2) is 0 Å². The minimum Gasteiger partial charge on any atom is -0.379 e. The molecule has 1 amide bonds. The van der Waals surface area contributed by atoms with Crippen LogP contribution in [-0.4, -0.2) is 24.4 Å². The number of rotatable bonds is 0. The average molecular weight is 214 g/mol. The number of aryl methyl sites for hydroxylation is 1. The van der Waals surface area contributed by atoms with Gasteiger partial charge in [-0.05, 0) is 18.1 Å². The smallest absolute Gasteiger partial charge is 0.253 e. The molecule has 0 spiro atoms. The minimum absolute atomic E-state index is 0.0520. The molecule has 3 nitrogen and oxygen atoms in total. The Morgan fingerprint density at radius 3 is 3.06 bits per heavy atom. The molecule has 0 fully saturated rings. The van der Waals surface area contributed by atoms with E-state index in [9.17, 15) is 4.79 Å². The van der Waals surface area contributed by atoms with Crippen molar-refractivity contribution in [3.05, 3.63) is 41.1 Å². The maximum Gasteiger partial charge on any atom is 0.253 e. The van der Waals surface area contributed by atoms with Gasteiger partial charge in [0.1, 0.15) is 0 Å². The standard InChI is InChI=1S/C13H14N2O/c1-8-4-3-5-9-10-6-15(2)7-11(10)13(16)14-12(8)9/h3-5,7,10H,6H2,1-2H3,(H,14,16). The normalized spacial score (nSPS) is 22.4. The molecular weight excluding hydrogens is 200 g/mol. The summed E-state index contributed by atoms with van der Waals surface area (Å²) in [6, 6.07) is 6.20. The van der Waals surface area contributed by atoms with Crippen LogP contribution in [0.3, 0.4) is 0 Å². The number of fused-ring (bicyclic) bond motifs is 3. The molecule has 1 N–H and O–H groups in total. The summed E-state index contributed by atoms with van der Waals surface area (Å²) in [6.45, 7) is 2.94. The first-order valence-electron chi connectivity index (χ1n) is 5.49. The maximum atomic E-state index is 11.9. The average Bonchev–Trinajstić information content (AvgIpc) is 2.63.